The zero-order valence-corrected chi connectivity index (χ0v) is 12.2. The number of carbonyl (C=O) groups is 1. The van der Waals surface area contributed by atoms with Crippen LogP contribution in [0, 0.1) is 5.82 Å². The molecule has 128 valence electrons. The average molecular weight is 358 g/mol. The van der Waals surface area contributed by atoms with Crippen molar-refractivity contribution in [2.24, 2.45) is 0 Å². The standard InChI is InChI=1S/C12H11F5N2O3S/c13-7-1-3-9(4-2-7)23(21,22)19-6-8(14)5-10(19)11(20)18-12(15,16)17/h1-4,8,10H,5-6H2,(H,18,20)/t8-,10+/m1/s1. The van der Waals surface area contributed by atoms with Crippen molar-refractivity contribution in [1.82, 2.24) is 9.62 Å². The lowest BCUT2D eigenvalue weighted by atomic mass is 10.2. The summed E-state index contributed by atoms with van der Waals surface area (Å²) < 4.78 is 88.0. The molecule has 23 heavy (non-hydrogen) atoms. The van der Waals surface area contributed by atoms with Crippen molar-refractivity contribution in [1.29, 1.82) is 0 Å². The first-order chi connectivity index (χ1) is 10.5. The van der Waals surface area contributed by atoms with Crippen molar-refractivity contribution in [2.45, 2.75) is 29.8 Å². The fraction of sp³-hybridized carbons (Fsp3) is 0.417. The number of halogens is 5. The van der Waals surface area contributed by atoms with Crippen LogP contribution >= 0.6 is 0 Å². The molecule has 1 amide bonds. The largest absolute Gasteiger partial charge is 0.484 e. The van der Waals surface area contributed by atoms with Gasteiger partial charge in [-0.25, -0.2) is 17.2 Å². The van der Waals surface area contributed by atoms with Crippen molar-refractivity contribution in [3.63, 3.8) is 0 Å². The molecule has 0 unspecified atom stereocenters. The Hall–Kier alpha value is -1.75. The maximum atomic E-state index is 13.5. The van der Waals surface area contributed by atoms with Crippen LogP contribution in [0.4, 0.5) is 22.0 Å². The molecule has 0 aliphatic carbocycles. The molecule has 11 heteroatoms. The van der Waals surface area contributed by atoms with Gasteiger partial charge >= 0.3 is 6.30 Å². The van der Waals surface area contributed by atoms with E-state index in [9.17, 15) is 35.2 Å². The molecule has 5 nitrogen and oxygen atoms in total. The molecular weight excluding hydrogens is 347 g/mol. The molecule has 0 spiro atoms. The molecule has 2 rings (SSSR count). The molecule has 0 saturated carbocycles. The summed E-state index contributed by atoms with van der Waals surface area (Å²) in [6.07, 6.45) is -7.53. The maximum Gasteiger partial charge on any atom is 0.484 e. The molecule has 1 aromatic rings. The van der Waals surface area contributed by atoms with Gasteiger partial charge in [-0.05, 0) is 24.3 Å². The number of amides is 1. The average Bonchev–Trinajstić information content (AvgIpc) is 2.80. The van der Waals surface area contributed by atoms with Crippen LogP contribution in [0.15, 0.2) is 29.2 Å². The van der Waals surface area contributed by atoms with Crippen molar-refractivity contribution < 1.29 is 35.2 Å². The van der Waals surface area contributed by atoms with E-state index in [0.717, 1.165) is 24.3 Å². The minimum atomic E-state index is -5.06. The minimum absolute atomic E-state index is 0.353. The fourth-order valence-corrected chi connectivity index (χ4v) is 3.85. The monoisotopic (exact) mass is 358 g/mol. The van der Waals surface area contributed by atoms with Crippen LogP contribution in [0.1, 0.15) is 6.42 Å². The van der Waals surface area contributed by atoms with Gasteiger partial charge in [0, 0.05) is 13.0 Å². The Morgan fingerprint density at radius 3 is 2.30 bits per heavy atom. The second-order valence-corrected chi connectivity index (χ2v) is 6.75. The van der Waals surface area contributed by atoms with Gasteiger partial charge in [-0.3, -0.25) is 10.1 Å². The fourth-order valence-electron chi connectivity index (χ4n) is 2.23. The lowest BCUT2D eigenvalue weighted by molar-refractivity contribution is -0.171. The van der Waals surface area contributed by atoms with Crippen LogP contribution in [0.2, 0.25) is 0 Å². The van der Waals surface area contributed by atoms with Crippen LogP contribution in [-0.4, -0.2) is 43.7 Å². The summed E-state index contributed by atoms with van der Waals surface area (Å²) in [6, 6.07) is 1.60. The zero-order chi connectivity index (χ0) is 17.4. The third kappa shape index (κ3) is 3.96. The normalized spacial score (nSPS) is 23.0. The van der Waals surface area contributed by atoms with Gasteiger partial charge in [0.1, 0.15) is 18.0 Å². The molecule has 1 heterocycles. The third-order valence-corrected chi connectivity index (χ3v) is 5.08. The molecule has 1 N–H and O–H groups in total. The smallest absolute Gasteiger partial charge is 0.273 e. The highest BCUT2D eigenvalue weighted by Gasteiger charge is 2.46. The van der Waals surface area contributed by atoms with E-state index in [4.69, 9.17) is 0 Å². The van der Waals surface area contributed by atoms with Gasteiger partial charge in [0.15, 0.2) is 0 Å². The Morgan fingerprint density at radius 2 is 1.78 bits per heavy atom. The van der Waals surface area contributed by atoms with Crippen molar-refractivity contribution in [2.75, 3.05) is 6.54 Å². The molecule has 1 aliphatic rings. The van der Waals surface area contributed by atoms with Crippen molar-refractivity contribution >= 4 is 15.9 Å². The number of hydrogen-bond donors (Lipinski definition) is 1. The molecule has 1 fully saturated rings. The summed E-state index contributed by atoms with van der Waals surface area (Å²) in [5, 5.41) is 0.673. The van der Waals surface area contributed by atoms with E-state index in [1.807, 2.05) is 0 Å². The number of nitrogens with one attached hydrogen (secondary N) is 1. The molecule has 2 atom stereocenters. The van der Waals surface area contributed by atoms with Gasteiger partial charge in [0.25, 0.3) is 0 Å². The number of carbonyl (C=O) groups excluding carboxylic acids is 1. The summed E-state index contributed by atoms with van der Waals surface area (Å²) in [7, 11) is -4.44. The van der Waals surface area contributed by atoms with Gasteiger partial charge in [-0.2, -0.15) is 17.5 Å². The van der Waals surface area contributed by atoms with E-state index in [2.05, 4.69) is 0 Å². The van der Waals surface area contributed by atoms with Crippen molar-refractivity contribution in [3.05, 3.63) is 30.1 Å². The highest BCUT2D eigenvalue weighted by atomic mass is 32.2. The van der Waals surface area contributed by atoms with E-state index >= 15 is 0 Å². The van der Waals surface area contributed by atoms with Crippen LogP contribution in [0.25, 0.3) is 0 Å². The first kappa shape index (κ1) is 17.6. The van der Waals surface area contributed by atoms with Gasteiger partial charge in [-0.1, -0.05) is 0 Å². The number of hydrogen-bond acceptors (Lipinski definition) is 3. The van der Waals surface area contributed by atoms with Gasteiger partial charge in [0.05, 0.1) is 4.90 Å². The van der Waals surface area contributed by atoms with Crippen LogP contribution in [-0.2, 0) is 14.8 Å². The molecule has 1 aromatic carbocycles. The molecular formula is C12H11F5N2O3S. The Morgan fingerprint density at radius 1 is 1.22 bits per heavy atom. The van der Waals surface area contributed by atoms with E-state index in [1.165, 1.54) is 0 Å². The zero-order valence-electron chi connectivity index (χ0n) is 11.3. The predicted molar refractivity (Wildman–Crippen MR) is 67.8 cm³/mol. The summed E-state index contributed by atoms with van der Waals surface area (Å²) >= 11 is 0. The SMILES string of the molecule is O=C(NC(F)(F)F)[C@@H]1C[C@@H](F)CN1S(=O)(=O)c1ccc(F)cc1. The van der Waals surface area contributed by atoms with Gasteiger partial charge < -0.3 is 0 Å². The molecule has 0 aromatic heterocycles. The molecule has 0 bridgehead atoms. The van der Waals surface area contributed by atoms with E-state index < -0.39 is 58.1 Å². The molecule has 1 saturated heterocycles. The predicted octanol–water partition coefficient (Wildman–Crippen LogP) is 1.56. The number of sulfonamides is 1. The molecule has 0 radical (unpaired) electrons. The number of alkyl halides is 4. The highest BCUT2D eigenvalue weighted by molar-refractivity contribution is 7.89. The highest BCUT2D eigenvalue weighted by Crippen LogP contribution is 2.28. The molecule has 1 aliphatic heterocycles. The van der Waals surface area contributed by atoms with Crippen molar-refractivity contribution in [3.8, 4) is 0 Å². The van der Waals surface area contributed by atoms with E-state index in [0.29, 0.717) is 9.62 Å². The number of nitrogens with zero attached hydrogens (tertiary/aromatic N) is 1. The van der Waals surface area contributed by atoms with Crippen LogP contribution in [0.5, 0.6) is 0 Å². The van der Waals surface area contributed by atoms with Gasteiger partial charge in [-0.15, -0.1) is 0 Å². The topological polar surface area (TPSA) is 66.5 Å². The van der Waals surface area contributed by atoms with E-state index in [1.54, 1.807) is 0 Å². The second-order valence-electron chi connectivity index (χ2n) is 4.86. The van der Waals surface area contributed by atoms with Crippen LogP contribution < -0.4 is 5.32 Å². The Bertz CT molecular complexity index is 690. The summed E-state index contributed by atoms with van der Waals surface area (Å²) in [6.45, 7) is -0.754. The van der Waals surface area contributed by atoms with E-state index in [-0.39, 0.29) is 0 Å². The summed E-state index contributed by atoms with van der Waals surface area (Å²) in [5.74, 6) is -2.39. The Kier molecular flexibility index (Phi) is 4.62. The first-order valence-electron chi connectivity index (χ1n) is 6.31. The second kappa shape index (κ2) is 6.04. The quantitative estimate of drug-likeness (QED) is 0.659. The number of benzene rings is 1. The van der Waals surface area contributed by atoms with Gasteiger partial charge in [0.2, 0.25) is 15.9 Å². The lowest BCUT2D eigenvalue weighted by Gasteiger charge is -2.23. The van der Waals surface area contributed by atoms with Crippen LogP contribution in [0.3, 0.4) is 0 Å². The lowest BCUT2D eigenvalue weighted by Crippen LogP contribution is -2.49. The minimum Gasteiger partial charge on any atom is -0.273 e. The maximum absolute atomic E-state index is 13.5. The summed E-state index contributed by atoms with van der Waals surface area (Å²) in [5.41, 5.74) is 0. The third-order valence-electron chi connectivity index (χ3n) is 3.19. The number of rotatable bonds is 3. The summed E-state index contributed by atoms with van der Waals surface area (Å²) in [4.78, 5) is 11.1. The first-order valence-corrected chi connectivity index (χ1v) is 7.75. The Balaban J connectivity index is 2.31. The Labute approximate surface area is 128 Å².